The number of hydrogen-bond acceptors (Lipinski definition) is 2. The smallest absolute Gasteiger partial charge is 0.0671 e. The summed E-state index contributed by atoms with van der Waals surface area (Å²) in [5, 5.41) is 10.0. The number of nitrogens with zero attached hydrogens (tertiary/aromatic N) is 1. The summed E-state index contributed by atoms with van der Waals surface area (Å²) < 4.78 is 0. The average Bonchev–Trinajstić information content (AvgIpc) is 2.30. The summed E-state index contributed by atoms with van der Waals surface area (Å²) in [4.78, 5) is 2.31. The lowest BCUT2D eigenvalue weighted by Crippen LogP contribution is -2.40. The molecular formula is C10H23NOSi. The Morgan fingerprint density at radius 1 is 1.46 bits per heavy atom. The molecule has 0 amide bonds. The van der Waals surface area contributed by atoms with Crippen LogP contribution in [0, 0.1) is 0 Å². The van der Waals surface area contributed by atoms with Gasteiger partial charge in [-0.3, -0.25) is 0 Å². The molecule has 1 aliphatic heterocycles. The van der Waals surface area contributed by atoms with E-state index in [9.17, 15) is 5.11 Å². The quantitative estimate of drug-likeness (QED) is 0.704. The van der Waals surface area contributed by atoms with E-state index in [1.54, 1.807) is 0 Å². The van der Waals surface area contributed by atoms with Gasteiger partial charge in [-0.15, -0.1) is 0 Å². The molecule has 2 nitrogen and oxygen atoms in total. The minimum absolute atomic E-state index is 0.0841. The van der Waals surface area contributed by atoms with E-state index in [0.717, 1.165) is 12.6 Å². The van der Waals surface area contributed by atoms with Gasteiger partial charge in [-0.2, -0.15) is 0 Å². The molecule has 0 unspecified atom stereocenters. The molecule has 0 aromatic carbocycles. The predicted octanol–water partition coefficient (Wildman–Crippen LogP) is 1.78. The summed E-state index contributed by atoms with van der Waals surface area (Å²) in [6.45, 7) is 8.13. The van der Waals surface area contributed by atoms with E-state index in [-0.39, 0.29) is 6.10 Å². The molecule has 2 atom stereocenters. The first-order valence-corrected chi connectivity index (χ1v) is 8.99. The van der Waals surface area contributed by atoms with Crippen molar-refractivity contribution >= 4 is 8.07 Å². The largest absolute Gasteiger partial charge is 0.392 e. The molecule has 78 valence electrons. The molecule has 1 N–H and O–H groups in total. The second-order valence-electron chi connectivity index (χ2n) is 5.52. The summed E-state index contributed by atoms with van der Waals surface area (Å²) in [5.74, 6) is 0. The molecule has 13 heavy (non-hydrogen) atoms. The summed E-state index contributed by atoms with van der Waals surface area (Å²) >= 11 is 0. The van der Waals surface area contributed by atoms with E-state index in [2.05, 4.69) is 31.6 Å². The summed E-state index contributed by atoms with van der Waals surface area (Å²) in [6.07, 6.45) is 2.35. The molecule has 1 aliphatic rings. The van der Waals surface area contributed by atoms with E-state index in [1.807, 2.05) is 0 Å². The Kier molecular flexibility index (Phi) is 3.55. The lowest BCUT2D eigenvalue weighted by atomic mass is 10.1. The van der Waals surface area contributed by atoms with Crippen molar-refractivity contribution in [3.05, 3.63) is 0 Å². The van der Waals surface area contributed by atoms with Crippen LogP contribution in [-0.4, -0.2) is 43.8 Å². The van der Waals surface area contributed by atoms with E-state index in [0.29, 0.717) is 6.04 Å². The van der Waals surface area contributed by atoms with Crippen LogP contribution in [0.2, 0.25) is 25.7 Å². The number of likely N-dealkylation sites (tertiary alicyclic amines) is 1. The molecule has 1 fully saturated rings. The van der Waals surface area contributed by atoms with Crippen molar-refractivity contribution in [1.29, 1.82) is 0 Å². The first-order valence-electron chi connectivity index (χ1n) is 5.28. The number of hydrogen-bond donors (Lipinski definition) is 1. The predicted molar refractivity (Wildman–Crippen MR) is 59.8 cm³/mol. The van der Waals surface area contributed by atoms with Crippen LogP contribution < -0.4 is 0 Å². The minimum Gasteiger partial charge on any atom is -0.392 e. The third-order valence-electron chi connectivity index (χ3n) is 2.84. The standard InChI is InChI=1S/C10H23NOSi/c1-11-7-5-6-9(11)10(12)8-13(2,3)4/h9-10,12H,5-8H2,1-4H3/t9-,10-/m0/s1. The van der Waals surface area contributed by atoms with Crippen LogP contribution in [-0.2, 0) is 0 Å². The minimum atomic E-state index is -1.09. The van der Waals surface area contributed by atoms with E-state index in [4.69, 9.17) is 0 Å². The molecule has 1 saturated heterocycles. The van der Waals surface area contributed by atoms with Crippen LogP contribution >= 0.6 is 0 Å². The van der Waals surface area contributed by atoms with Gasteiger partial charge in [0.05, 0.1) is 6.10 Å². The van der Waals surface area contributed by atoms with Gasteiger partial charge < -0.3 is 10.0 Å². The van der Waals surface area contributed by atoms with Gasteiger partial charge in [-0.25, -0.2) is 0 Å². The van der Waals surface area contributed by atoms with E-state index >= 15 is 0 Å². The van der Waals surface area contributed by atoms with Crippen LogP contribution in [0.4, 0.5) is 0 Å². The molecule has 1 rings (SSSR count). The van der Waals surface area contributed by atoms with Gasteiger partial charge in [0, 0.05) is 14.1 Å². The van der Waals surface area contributed by atoms with Crippen LogP contribution in [0.5, 0.6) is 0 Å². The first-order chi connectivity index (χ1) is 5.90. The third kappa shape index (κ3) is 3.41. The molecule has 0 radical (unpaired) electrons. The molecule has 1 heterocycles. The van der Waals surface area contributed by atoms with Crippen LogP contribution in [0.25, 0.3) is 0 Å². The zero-order chi connectivity index (χ0) is 10.1. The fourth-order valence-corrected chi connectivity index (χ4v) is 3.71. The second kappa shape index (κ2) is 4.11. The van der Waals surface area contributed by atoms with Crippen molar-refractivity contribution in [1.82, 2.24) is 4.90 Å². The number of rotatable bonds is 3. The highest BCUT2D eigenvalue weighted by Gasteiger charge is 2.30. The Balaban J connectivity index is 2.43. The number of aliphatic hydroxyl groups excluding tert-OH is 1. The van der Waals surface area contributed by atoms with Crippen molar-refractivity contribution in [2.45, 2.75) is 50.7 Å². The Labute approximate surface area is 83.0 Å². The molecule has 0 aromatic rings. The van der Waals surface area contributed by atoms with E-state index < -0.39 is 8.07 Å². The van der Waals surface area contributed by atoms with Crippen molar-refractivity contribution in [3.63, 3.8) is 0 Å². The lowest BCUT2D eigenvalue weighted by molar-refractivity contribution is 0.0997. The second-order valence-corrected chi connectivity index (χ2v) is 11.1. The van der Waals surface area contributed by atoms with Gasteiger partial charge in [0.15, 0.2) is 0 Å². The molecule has 0 bridgehead atoms. The zero-order valence-electron chi connectivity index (χ0n) is 9.38. The van der Waals surface area contributed by atoms with Crippen LogP contribution in [0.3, 0.4) is 0 Å². The zero-order valence-corrected chi connectivity index (χ0v) is 10.4. The maximum atomic E-state index is 10.0. The summed E-state index contributed by atoms with van der Waals surface area (Å²) in [5.41, 5.74) is 0. The Hall–Kier alpha value is 0.137. The highest BCUT2D eigenvalue weighted by atomic mass is 28.3. The molecule has 0 spiro atoms. The fraction of sp³-hybridized carbons (Fsp3) is 1.00. The van der Waals surface area contributed by atoms with Gasteiger partial charge in [-0.1, -0.05) is 19.6 Å². The maximum absolute atomic E-state index is 10.0. The Bertz CT molecular complexity index is 167. The van der Waals surface area contributed by atoms with Crippen LogP contribution in [0.15, 0.2) is 0 Å². The first kappa shape index (κ1) is 11.2. The molecular weight excluding hydrogens is 178 g/mol. The number of aliphatic hydroxyl groups is 1. The molecule has 0 aromatic heterocycles. The normalized spacial score (nSPS) is 27.9. The monoisotopic (exact) mass is 201 g/mol. The summed E-state index contributed by atoms with van der Waals surface area (Å²) in [6, 6.07) is 1.48. The van der Waals surface area contributed by atoms with Gasteiger partial charge in [0.2, 0.25) is 0 Å². The average molecular weight is 201 g/mol. The lowest BCUT2D eigenvalue weighted by Gasteiger charge is -2.29. The molecule has 3 heteroatoms. The van der Waals surface area contributed by atoms with Crippen molar-refractivity contribution in [2.75, 3.05) is 13.6 Å². The Morgan fingerprint density at radius 2 is 2.08 bits per heavy atom. The topological polar surface area (TPSA) is 23.5 Å². The Morgan fingerprint density at radius 3 is 2.46 bits per heavy atom. The fourth-order valence-electron chi connectivity index (χ4n) is 2.19. The highest BCUT2D eigenvalue weighted by Crippen LogP contribution is 2.23. The van der Waals surface area contributed by atoms with Gasteiger partial charge >= 0.3 is 0 Å². The SMILES string of the molecule is CN1CCC[C@H]1[C@@H](O)C[Si](C)(C)C. The number of likely N-dealkylation sites (N-methyl/N-ethyl adjacent to an activating group) is 1. The molecule has 0 aliphatic carbocycles. The van der Waals surface area contributed by atoms with Crippen molar-refractivity contribution in [3.8, 4) is 0 Å². The van der Waals surface area contributed by atoms with Crippen LogP contribution in [0.1, 0.15) is 12.8 Å². The highest BCUT2D eigenvalue weighted by molar-refractivity contribution is 6.76. The van der Waals surface area contributed by atoms with E-state index in [1.165, 1.54) is 12.8 Å². The summed E-state index contributed by atoms with van der Waals surface area (Å²) in [7, 11) is 1.04. The van der Waals surface area contributed by atoms with Gasteiger partial charge in [-0.05, 0) is 32.5 Å². The molecule has 0 saturated carbocycles. The van der Waals surface area contributed by atoms with Gasteiger partial charge in [0.1, 0.15) is 0 Å². The maximum Gasteiger partial charge on any atom is 0.0671 e. The van der Waals surface area contributed by atoms with Gasteiger partial charge in [0.25, 0.3) is 0 Å². The van der Waals surface area contributed by atoms with Crippen molar-refractivity contribution < 1.29 is 5.11 Å². The van der Waals surface area contributed by atoms with Crippen molar-refractivity contribution in [2.24, 2.45) is 0 Å². The third-order valence-corrected chi connectivity index (χ3v) is 4.49.